The Morgan fingerprint density at radius 3 is 2.81 bits per heavy atom. The molecule has 3 nitrogen and oxygen atoms in total. The average Bonchev–Trinajstić information content (AvgIpc) is 2.49. The first-order chi connectivity index (χ1) is 10.1. The summed E-state index contributed by atoms with van der Waals surface area (Å²) in [7, 11) is 3.88. The summed E-state index contributed by atoms with van der Waals surface area (Å²) in [5, 5.41) is 4.19. The molecule has 1 unspecified atom stereocenters. The van der Waals surface area contributed by atoms with Gasteiger partial charge in [-0.15, -0.1) is 0 Å². The lowest BCUT2D eigenvalue weighted by atomic mass is 10.1. The molecule has 1 N–H and O–H groups in total. The lowest BCUT2D eigenvalue weighted by Gasteiger charge is -2.31. The zero-order chi connectivity index (χ0) is 15.7. The van der Waals surface area contributed by atoms with Crippen LogP contribution in [-0.2, 0) is 11.3 Å². The van der Waals surface area contributed by atoms with E-state index in [-0.39, 0.29) is 0 Å². The van der Waals surface area contributed by atoms with Gasteiger partial charge in [0, 0.05) is 49.8 Å². The van der Waals surface area contributed by atoms with Crippen LogP contribution in [0.4, 0.5) is 5.69 Å². The Morgan fingerprint density at radius 2 is 2.19 bits per heavy atom. The zero-order valence-electron chi connectivity index (χ0n) is 13.5. The fourth-order valence-electron chi connectivity index (χ4n) is 2.30. The Kier molecular flexibility index (Phi) is 9.16. The lowest BCUT2D eigenvalue weighted by molar-refractivity contribution is 0.199. The highest BCUT2D eigenvalue weighted by Gasteiger charge is 2.16. The van der Waals surface area contributed by atoms with Crippen LogP contribution in [-0.4, -0.2) is 45.4 Å². The fourth-order valence-corrected chi connectivity index (χ4v) is 3.32. The molecule has 0 saturated carbocycles. The number of methoxy groups -OCH3 is 1. The molecule has 1 aromatic rings. The van der Waals surface area contributed by atoms with Crippen molar-refractivity contribution in [2.75, 3.05) is 44.2 Å². The molecule has 0 aliphatic heterocycles. The fraction of sp³-hybridized carbons (Fsp3) is 0.625. The Morgan fingerprint density at radius 1 is 1.43 bits per heavy atom. The first kappa shape index (κ1) is 18.6. The summed E-state index contributed by atoms with van der Waals surface area (Å²) in [5.74, 6) is 1.12. The Labute approximate surface area is 138 Å². The minimum Gasteiger partial charge on any atom is -0.383 e. The van der Waals surface area contributed by atoms with Crippen LogP contribution in [0.25, 0.3) is 0 Å². The molecule has 1 aromatic carbocycles. The van der Waals surface area contributed by atoms with E-state index >= 15 is 0 Å². The Hall–Kier alpha value is -0.420. The second kappa shape index (κ2) is 10.3. The highest BCUT2D eigenvalue weighted by molar-refractivity contribution is 7.98. The van der Waals surface area contributed by atoms with Crippen LogP contribution in [0.5, 0.6) is 0 Å². The quantitative estimate of drug-likeness (QED) is 0.662. The van der Waals surface area contributed by atoms with Crippen molar-refractivity contribution < 1.29 is 4.74 Å². The largest absolute Gasteiger partial charge is 0.383 e. The number of nitrogens with one attached hydrogen (secondary N) is 1. The number of rotatable bonds is 10. The summed E-state index contributed by atoms with van der Waals surface area (Å²) in [6.45, 7) is 4.64. The van der Waals surface area contributed by atoms with Crippen LogP contribution in [0.1, 0.15) is 18.9 Å². The van der Waals surface area contributed by atoms with Crippen molar-refractivity contribution in [1.29, 1.82) is 0 Å². The molecule has 0 aliphatic rings. The summed E-state index contributed by atoms with van der Waals surface area (Å²) < 4.78 is 5.07. The molecule has 0 amide bonds. The number of anilines is 1. The van der Waals surface area contributed by atoms with Crippen LogP contribution in [0.3, 0.4) is 0 Å². The van der Waals surface area contributed by atoms with Gasteiger partial charge in [-0.3, -0.25) is 0 Å². The molecule has 5 heteroatoms. The normalized spacial score (nSPS) is 12.4. The maximum absolute atomic E-state index is 6.20. The number of halogens is 1. The van der Waals surface area contributed by atoms with E-state index in [0.29, 0.717) is 6.04 Å². The number of benzene rings is 1. The molecule has 0 aromatic heterocycles. The van der Waals surface area contributed by atoms with E-state index in [0.717, 1.165) is 36.9 Å². The topological polar surface area (TPSA) is 24.5 Å². The third-order valence-corrected chi connectivity index (χ3v) is 4.56. The van der Waals surface area contributed by atoms with Crippen molar-refractivity contribution in [3.63, 3.8) is 0 Å². The number of ether oxygens (including phenoxy) is 1. The van der Waals surface area contributed by atoms with Gasteiger partial charge in [0.05, 0.1) is 6.61 Å². The van der Waals surface area contributed by atoms with Crippen LogP contribution in [0.2, 0.25) is 5.02 Å². The average molecular weight is 331 g/mol. The molecular weight excluding hydrogens is 304 g/mol. The van der Waals surface area contributed by atoms with Crippen LogP contribution >= 0.6 is 23.4 Å². The predicted molar refractivity (Wildman–Crippen MR) is 95.9 cm³/mol. The molecule has 0 radical (unpaired) electrons. The van der Waals surface area contributed by atoms with Crippen LogP contribution < -0.4 is 10.2 Å². The van der Waals surface area contributed by atoms with Gasteiger partial charge in [-0.2, -0.15) is 11.8 Å². The van der Waals surface area contributed by atoms with Crippen molar-refractivity contribution in [3.8, 4) is 0 Å². The van der Waals surface area contributed by atoms with Gasteiger partial charge in [-0.05, 0) is 30.4 Å². The second-order valence-electron chi connectivity index (χ2n) is 5.07. The maximum Gasteiger partial charge on any atom is 0.0587 e. The van der Waals surface area contributed by atoms with Crippen molar-refractivity contribution in [2.24, 2.45) is 0 Å². The zero-order valence-corrected chi connectivity index (χ0v) is 15.1. The molecular formula is C16H27ClN2OS. The van der Waals surface area contributed by atoms with E-state index in [1.165, 1.54) is 11.3 Å². The van der Waals surface area contributed by atoms with E-state index in [1.807, 2.05) is 17.8 Å². The number of nitrogens with zero attached hydrogens (tertiary/aromatic N) is 1. The van der Waals surface area contributed by atoms with E-state index in [9.17, 15) is 0 Å². The third-order valence-electron chi connectivity index (χ3n) is 3.60. The van der Waals surface area contributed by atoms with Gasteiger partial charge in [0.2, 0.25) is 0 Å². The molecule has 0 saturated heterocycles. The van der Waals surface area contributed by atoms with Crippen molar-refractivity contribution in [1.82, 2.24) is 5.32 Å². The van der Waals surface area contributed by atoms with Gasteiger partial charge < -0.3 is 15.0 Å². The van der Waals surface area contributed by atoms with E-state index in [1.54, 1.807) is 7.11 Å². The standard InChI is InChI=1S/C16H27ClN2OS/c1-5-15(12-21-4)19(2)16-10-14(17)7-6-13(16)11-18-8-9-20-3/h6-7,10,15,18H,5,8-9,11-12H2,1-4H3. The Balaban J connectivity index is 2.84. The van der Waals surface area contributed by atoms with Gasteiger partial charge in [-0.25, -0.2) is 0 Å². The van der Waals surface area contributed by atoms with Crippen molar-refractivity contribution in [3.05, 3.63) is 28.8 Å². The SMILES string of the molecule is CCC(CSC)N(C)c1cc(Cl)ccc1CNCCOC. The third kappa shape index (κ3) is 6.07. The number of hydrogen-bond acceptors (Lipinski definition) is 4. The summed E-state index contributed by atoms with van der Waals surface area (Å²) in [5.41, 5.74) is 2.49. The maximum atomic E-state index is 6.20. The predicted octanol–water partition coefficient (Wildman–Crippen LogP) is 3.65. The molecule has 1 atom stereocenters. The summed E-state index contributed by atoms with van der Waals surface area (Å²) in [6.07, 6.45) is 3.28. The molecule has 1 rings (SSSR count). The summed E-state index contributed by atoms with van der Waals surface area (Å²) in [4.78, 5) is 2.36. The highest BCUT2D eigenvalue weighted by atomic mass is 35.5. The van der Waals surface area contributed by atoms with Gasteiger partial charge >= 0.3 is 0 Å². The first-order valence-corrected chi connectivity index (χ1v) is 9.11. The summed E-state index contributed by atoms with van der Waals surface area (Å²) >= 11 is 8.08. The van der Waals surface area contributed by atoms with Gasteiger partial charge in [-0.1, -0.05) is 24.6 Å². The van der Waals surface area contributed by atoms with E-state index in [2.05, 4.69) is 42.6 Å². The molecule has 0 bridgehead atoms. The lowest BCUT2D eigenvalue weighted by Crippen LogP contribution is -2.34. The number of thioether (sulfide) groups is 1. The second-order valence-corrected chi connectivity index (χ2v) is 6.42. The van der Waals surface area contributed by atoms with Crippen LogP contribution in [0, 0.1) is 0 Å². The monoisotopic (exact) mass is 330 g/mol. The van der Waals surface area contributed by atoms with E-state index < -0.39 is 0 Å². The molecule has 0 fully saturated rings. The minimum absolute atomic E-state index is 0.524. The van der Waals surface area contributed by atoms with Crippen molar-refractivity contribution in [2.45, 2.75) is 25.9 Å². The molecule has 0 spiro atoms. The van der Waals surface area contributed by atoms with Crippen LogP contribution in [0.15, 0.2) is 18.2 Å². The molecule has 0 heterocycles. The molecule has 21 heavy (non-hydrogen) atoms. The first-order valence-electron chi connectivity index (χ1n) is 7.33. The minimum atomic E-state index is 0.524. The highest BCUT2D eigenvalue weighted by Crippen LogP contribution is 2.27. The van der Waals surface area contributed by atoms with Crippen molar-refractivity contribution >= 4 is 29.1 Å². The smallest absolute Gasteiger partial charge is 0.0587 e. The summed E-state index contributed by atoms with van der Waals surface area (Å²) in [6, 6.07) is 6.66. The van der Waals surface area contributed by atoms with Gasteiger partial charge in [0.25, 0.3) is 0 Å². The molecule has 0 aliphatic carbocycles. The van der Waals surface area contributed by atoms with Gasteiger partial charge in [0.15, 0.2) is 0 Å². The van der Waals surface area contributed by atoms with E-state index in [4.69, 9.17) is 16.3 Å². The molecule has 120 valence electrons. The Bertz CT molecular complexity index is 417. The van der Waals surface area contributed by atoms with Gasteiger partial charge in [0.1, 0.15) is 0 Å². The number of hydrogen-bond donors (Lipinski definition) is 1.